The van der Waals surface area contributed by atoms with E-state index in [1.165, 1.54) is 0 Å². The minimum atomic E-state index is -0.485. The molecule has 1 aliphatic heterocycles. The highest BCUT2D eigenvalue weighted by Crippen LogP contribution is 2.28. The maximum absolute atomic E-state index is 11.3. The molecular formula is C13H17BrN2O2. The third kappa shape index (κ3) is 3.03. The molecular weight excluding hydrogens is 296 g/mol. The summed E-state index contributed by atoms with van der Waals surface area (Å²) in [5, 5.41) is 12.4. The third-order valence-corrected chi connectivity index (χ3v) is 3.80. The number of halogens is 1. The van der Waals surface area contributed by atoms with Crippen molar-refractivity contribution in [2.45, 2.75) is 19.4 Å². The number of amides is 1. The van der Waals surface area contributed by atoms with Crippen LogP contribution in [0.5, 0.6) is 0 Å². The summed E-state index contributed by atoms with van der Waals surface area (Å²) in [6.45, 7) is 3.96. The molecule has 0 aromatic heterocycles. The van der Waals surface area contributed by atoms with Gasteiger partial charge < -0.3 is 15.3 Å². The number of nitrogens with one attached hydrogen (secondary N) is 1. The minimum Gasteiger partial charge on any atom is -0.389 e. The Labute approximate surface area is 115 Å². The van der Waals surface area contributed by atoms with E-state index in [1.807, 2.05) is 18.2 Å². The molecule has 4 nitrogen and oxygen atoms in total. The summed E-state index contributed by atoms with van der Waals surface area (Å²) in [6, 6.07) is 5.91. The van der Waals surface area contributed by atoms with Gasteiger partial charge in [-0.25, -0.2) is 0 Å². The normalized spacial score (nSPS) is 18.2. The molecule has 0 saturated carbocycles. The Morgan fingerprint density at radius 1 is 1.44 bits per heavy atom. The quantitative estimate of drug-likeness (QED) is 0.876. The second-order valence-electron chi connectivity index (χ2n) is 4.47. The zero-order valence-corrected chi connectivity index (χ0v) is 11.9. The van der Waals surface area contributed by atoms with E-state index in [0.29, 0.717) is 13.0 Å². The molecule has 0 aliphatic carbocycles. The first-order valence-corrected chi connectivity index (χ1v) is 6.86. The summed E-state index contributed by atoms with van der Waals surface area (Å²) in [5.74, 6) is 0.108. The molecule has 1 fully saturated rings. The number of aliphatic hydroxyl groups excluding tert-OH is 1. The number of carbonyl (C=O) groups is 1. The van der Waals surface area contributed by atoms with Gasteiger partial charge in [-0.2, -0.15) is 0 Å². The lowest BCUT2D eigenvalue weighted by Crippen LogP contribution is -2.28. The van der Waals surface area contributed by atoms with Crippen LogP contribution in [0.15, 0.2) is 22.7 Å². The number of aliphatic hydroxyl groups is 1. The van der Waals surface area contributed by atoms with Crippen LogP contribution in [0, 0.1) is 0 Å². The van der Waals surface area contributed by atoms with Gasteiger partial charge in [-0.15, -0.1) is 0 Å². The van der Waals surface area contributed by atoms with E-state index in [1.54, 1.807) is 6.92 Å². The van der Waals surface area contributed by atoms with Gasteiger partial charge >= 0.3 is 0 Å². The lowest BCUT2D eigenvalue weighted by Gasteiger charge is -2.23. The van der Waals surface area contributed by atoms with Crippen molar-refractivity contribution in [3.05, 3.63) is 28.2 Å². The summed E-state index contributed by atoms with van der Waals surface area (Å²) in [5.41, 5.74) is 1.95. The van der Waals surface area contributed by atoms with Gasteiger partial charge in [0.15, 0.2) is 0 Å². The number of hydrogen-bond acceptors (Lipinski definition) is 3. The largest absolute Gasteiger partial charge is 0.389 e. The highest BCUT2D eigenvalue weighted by Gasteiger charge is 2.15. The van der Waals surface area contributed by atoms with Gasteiger partial charge in [0, 0.05) is 36.2 Å². The van der Waals surface area contributed by atoms with Crippen LogP contribution in [0.4, 0.5) is 5.69 Å². The van der Waals surface area contributed by atoms with E-state index in [0.717, 1.165) is 28.8 Å². The zero-order valence-electron chi connectivity index (χ0n) is 10.3. The van der Waals surface area contributed by atoms with Crippen molar-refractivity contribution in [3.63, 3.8) is 0 Å². The van der Waals surface area contributed by atoms with Gasteiger partial charge in [-0.3, -0.25) is 4.79 Å². The van der Waals surface area contributed by atoms with E-state index < -0.39 is 6.10 Å². The van der Waals surface area contributed by atoms with Crippen LogP contribution >= 0.6 is 15.9 Å². The molecule has 5 heteroatoms. The van der Waals surface area contributed by atoms with Gasteiger partial charge in [0.05, 0.1) is 6.10 Å². The van der Waals surface area contributed by atoms with Gasteiger partial charge in [0.25, 0.3) is 0 Å². The van der Waals surface area contributed by atoms with E-state index in [4.69, 9.17) is 0 Å². The molecule has 1 amide bonds. The number of carbonyl (C=O) groups excluding carboxylic acids is 1. The molecule has 1 aromatic carbocycles. The molecule has 0 radical (unpaired) electrons. The predicted molar refractivity (Wildman–Crippen MR) is 74.6 cm³/mol. The molecule has 1 unspecified atom stereocenters. The third-order valence-electron chi connectivity index (χ3n) is 3.11. The van der Waals surface area contributed by atoms with E-state index in [2.05, 4.69) is 26.1 Å². The van der Waals surface area contributed by atoms with Crippen molar-refractivity contribution in [3.8, 4) is 0 Å². The standard InChI is InChI=1S/C13H17BrN2O2/c1-9(17)11-3-2-10(8-12(11)14)16-6-4-13(18)15-5-7-16/h2-3,8-9,17H,4-7H2,1H3,(H,15,18). The second kappa shape index (κ2) is 5.71. The first-order chi connectivity index (χ1) is 8.58. The first-order valence-electron chi connectivity index (χ1n) is 6.07. The summed E-state index contributed by atoms with van der Waals surface area (Å²) >= 11 is 3.48. The number of anilines is 1. The van der Waals surface area contributed by atoms with Crippen LogP contribution in [0.3, 0.4) is 0 Å². The zero-order chi connectivity index (χ0) is 13.1. The Morgan fingerprint density at radius 2 is 2.22 bits per heavy atom. The fourth-order valence-electron chi connectivity index (χ4n) is 2.08. The number of nitrogens with zero attached hydrogens (tertiary/aromatic N) is 1. The number of rotatable bonds is 2. The maximum Gasteiger partial charge on any atom is 0.221 e. The second-order valence-corrected chi connectivity index (χ2v) is 5.32. The lowest BCUT2D eigenvalue weighted by molar-refractivity contribution is -0.120. The molecule has 2 N–H and O–H groups in total. The molecule has 98 valence electrons. The molecule has 1 heterocycles. The molecule has 18 heavy (non-hydrogen) atoms. The van der Waals surface area contributed by atoms with Crippen molar-refractivity contribution in [2.24, 2.45) is 0 Å². The van der Waals surface area contributed by atoms with E-state index in [-0.39, 0.29) is 5.91 Å². The SMILES string of the molecule is CC(O)c1ccc(N2CCNC(=O)CC2)cc1Br. The maximum atomic E-state index is 11.3. The van der Waals surface area contributed by atoms with Gasteiger partial charge in [-0.1, -0.05) is 22.0 Å². The molecule has 0 bridgehead atoms. The number of benzene rings is 1. The first kappa shape index (κ1) is 13.4. The Hall–Kier alpha value is -1.07. The molecule has 1 aromatic rings. The van der Waals surface area contributed by atoms with Crippen molar-refractivity contribution in [1.82, 2.24) is 5.32 Å². The van der Waals surface area contributed by atoms with Crippen LogP contribution in [-0.4, -0.2) is 30.6 Å². The monoisotopic (exact) mass is 312 g/mol. The van der Waals surface area contributed by atoms with E-state index >= 15 is 0 Å². The molecule has 2 rings (SSSR count). The molecule has 0 spiro atoms. The average Bonchev–Trinajstić information content (AvgIpc) is 2.53. The van der Waals surface area contributed by atoms with Crippen molar-refractivity contribution in [1.29, 1.82) is 0 Å². The summed E-state index contributed by atoms with van der Waals surface area (Å²) in [7, 11) is 0. The smallest absolute Gasteiger partial charge is 0.221 e. The highest BCUT2D eigenvalue weighted by atomic mass is 79.9. The van der Waals surface area contributed by atoms with Crippen LogP contribution in [-0.2, 0) is 4.79 Å². The molecule has 1 atom stereocenters. The topological polar surface area (TPSA) is 52.6 Å². The molecule has 1 aliphatic rings. The summed E-state index contributed by atoms with van der Waals surface area (Å²) < 4.78 is 0.901. The fourth-order valence-corrected chi connectivity index (χ4v) is 2.77. The van der Waals surface area contributed by atoms with Gasteiger partial charge in [-0.05, 0) is 24.6 Å². The van der Waals surface area contributed by atoms with Crippen LogP contribution in [0.2, 0.25) is 0 Å². The predicted octanol–water partition coefficient (Wildman–Crippen LogP) is 1.83. The Kier molecular flexibility index (Phi) is 4.24. The van der Waals surface area contributed by atoms with Crippen LogP contribution in [0.25, 0.3) is 0 Å². The van der Waals surface area contributed by atoms with Crippen molar-refractivity contribution in [2.75, 3.05) is 24.5 Å². The number of hydrogen-bond donors (Lipinski definition) is 2. The van der Waals surface area contributed by atoms with E-state index in [9.17, 15) is 9.90 Å². The van der Waals surface area contributed by atoms with Crippen molar-refractivity contribution < 1.29 is 9.90 Å². The fraction of sp³-hybridized carbons (Fsp3) is 0.462. The lowest BCUT2D eigenvalue weighted by atomic mass is 10.1. The minimum absolute atomic E-state index is 0.108. The van der Waals surface area contributed by atoms with Gasteiger partial charge in [0.1, 0.15) is 0 Å². The molecule has 1 saturated heterocycles. The Morgan fingerprint density at radius 3 is 2.89 bits per heavy atom. The van der Waals surface area contributed by atoms with Crippen molar-refractivity contribution >= 4 is 27.5 Å². The van der Waals surface area contributed by atoms with Crippen LogP contribution in [0.1, 0.15) is 25.0 Å². The van der Waals surface area contributed by atoms with Crippen LogP contribution < -0.4 is 10.2 Å². The Balaban J connectivity index is 2.18. The average molecular weight is 313 g/mol. The Bertz CT molecular complexity index is 449. The summed E-state index contributed by atoms with van der Waals surface area (Å²) in [4.78, 5) is 13.5. The van der Waals surface area contributed by atoms with Gasteiger partial charge in [0.2, 0.25) is 5.91 Å². The highest BCUT2D eigenvalue weighted by molar-refractivity contribution is 9.10. The summed E-state index contributed by atoms with van der Waals surface area (Å²) in [6.07, 6.45) is 0.0382.